The van der Waals surface area contributed by atoms with Crippen LogP contribution in [0.3, 0.4) is 0 Å². The van der Waals surface area contributed by atoms with Crippen LogP contribution in [0.15, 0.2) is 39.7 Å². The van der Waals surface area contributed by atoms with Gasteiger partial charge in [0, 0.05) is 15.9 Å². The Balaban J connectivity index is 2.09. The molecule has 1 aromatic carbocycles. The number of amides is 1. The summed E-state index contributed by atoms with van der Waals surface area (Å²) >= 11 is 9.92. The smallest absolute Gasteiger partial charge is 0.263 e. The van der Waals surface area contributed by atoms with E-state index >= 15 is 0 Å². The van der Waals surface area contributed by atoms with Crippen LogP contribution in [0.1, 0.15) is 17.0 Å². The number of carbonyl (C=O) groups is 1. The highest BCUT2D eigenvalue weighted by molar-refractivity contribution is 9.10. The van der Waals surface area contributed by atoms with Crippen molar-refractivity contribution in [1.82, 2.24) is 9.88 Å². The van der Waals surface area contributed by atoms with Crippen molar-refractivity contribution in [3.05, 3.63) is 56.7 Å². The largest absolute Gasteiger partial charge is 0.317 e. The van der Waals surface area contributed by atoms with Crippen LogP contribution in [0.2, 0.25) is 0 Å². The fourth-order valence-electron chi connectivity index (χ4n) is 2.50. The number of thioether (sulfide) groups is 1. The molecule has 1 amide bonds. The molecule has 0 radical (unpaired) electrons. The van der Waals surface area contributed by atoms with E-state index in [-0.39, 0.29) is 5.91 Å². The number of aromatic nitrogens is 1. The number of nitrogens with zero attached hydrogens (tertiary/aromatic N) is 1. The SMILES string of the molecule is Cc1cc(/C=C2\SC(=S)NC2=O)c(C)n1-c1ccccc1Br. The zero-order chi connectivity index (χ0) is 15.9. The number of halogens is 1. The topological polar surface area (TPSA) is 34.0 Å². The van der Waals surface area contributed by atoms with Crippen LogP contribution in [0.5, 0.6) is 0 Å². The maximum absolute atomic E-state index is 11.8. The van der Waals surface area contributed by atoms with Crippen molar-refractivity contribution in [1.29, 1.82) is 0 Å². The Morgan fingerprint density at radius 2 is 2.05 bits per heavy atom. The second-order valence-electron chi connectivity index (χ2n) is 4.97. The summed E-state index contributed by atoms with van der Waals surface area (Å²) in [5.41, 5.74) is 4.31. The summed E-state index contributed by atoms with van der Waals surface area (Å²) in [5, 5.41) is 2.64. The first-order valence-electron chi connectivity index (χ1n) is 6.66. The van der Waals surface area contributed by atoms with Gasteiger partial charge in [-0.1, -0.05) is 36.1 Å². The fraction of sp³-hybridized carbons (Fsp3) is 0.125. The van der Waals surface area contributed by atoms with Crippen LogP contribution in [-0.4, -0.2) is 14.8 Å². The van der Waals surface area contributed by atoms with Crippen molar-refractivity contribution in [2.45, 2.75) is 13.8 Å². The van der Waals surface area contributed by atoms with Crippen molar-refractivity contribution in [3.63, 3.8) is 0 Å². The highest BCUT2D eigenvalue weighted by Gasteiger charge is 2.23. The van der Waals surface area contributed by atoms with Crippen LogP contribution in [0, 0.1) is 13.8 Å². The normalized spacial score (nSPS) is 16.4. The monoisotopic (exact) mass is 392 g/mol. The lowest BCUT2D eigenvalue weighted by Crippen LogP contribution is -2.17. The van der Waals surface area contributed by atoms with E-state index in [9.17, 15) is 4.79 Å². The van der Waals surface area contributed by atoms with E-state index in [1.165, 1.54) is 11.8 Å². The molecule has 2 heterocycles. The predicted octanol–water partition coefficient (Wildman–Crippen LogP) is 4.35. The number of hydrogen-bond acceptors (Lipinski definition) is 3. The van der Waals surface area contributed by atoms with E-state index in [1.54, 1.807) is 0 Å². The van der Waals surface area contributed by atoms with Crippen molar-refractivity contribution in [2.75, 3.05) is 0 Å². The molecule has 1 aromatic heterocycles. The molecule has 1 aliphatic rings. The van der Waals surface area contributed by atoms with Crippen LogP contribution < -0.4 is 5.32 Å². The minimum absolute atomic E-state index is 0.124. The summed E-state index contributed by atoms with van der Waals surface area (Å²) < 4.78 is 3.72. The van der Waals surface area contributed by atoms with Crippen molar-refractivity contribution in [2.24, 2.45) is 0 Å². The third kappa shape index (κ3) is 2.78. The lowest BCUT2D eigenvalue weighted by Gasteiger charge is -2.11. The first-order chi connectivity index (χ1) is 10.5. The molecule has 3 rings (SSSR count). The van der Waals surface area contributed by atoms with E-state index < -0.39 is 0 Å². The van der Waals surface area contributed by atoms with Crippen LogP contribution in [-0.2, 0) is 4.79 Å². The number of benzene rings is 1. The summed E-state index contributed by atoms with van der Waals surface area (Å²) in [7, 11) is 0. The molecule has 112 valence electrons. The lowest BCUT2D eigenvalue weighted by atomic mass is 10.2. The van der Waals surface area contributed by atoms with Gasteiger partial charge in [-0.25, -0.2) is 0 Å². The minimum Gasteiger partial charge on any atom is -0.317 e. The van der Waals surface area contributed by atoms with E-state index in [4.69, 9.17) is 12.2 Å². The Hall–Kier alpha value is -1.37. The summed E-state index contributed by atoms with van der Waals surface area (Å²) in [5.74, 6) is -0.124. The Labute approximate surface area is 146 Å². The Bertz CT molecular complexity index is 824. The van der Waals surface area contributed by atoms with E-state index in [1.807, 2.05) is 24.3 Å². The Morgan fingerprint density at radius 1 is 1.32 bits per heavy atom. The third-order valence-corrected chi connectivity index (χ3v) is 5.33. The Morgan fingerprint density at radius 3 is 2.68 bits per heavy atom. The average Bonchev–Trinajstić information content (AvgIpc) is 2.91. The Kier molecular flexibility index (Phi) is 4.25. The van der Waals surface area contributed by atoms with E-state index in [0.717, 1.165) is 27.1 Å². The van der Waals surface area contributed by atoms with Gasteiger partial charge in [0.15, 0.2) is 0 Å². The second-order valence-corrected chi connectivity index (χ2v) is 7.54. The summed E-state index contributed by atoms with van der Waals surface area (Å²) in [6.07, 6.45) is 1.90. The van der Waals surface area contributed by atoms with Crippen LogP contribution in [0.4, 0.5) is 0 Å². The molecule has 1 saturated heterocycles. The zero-order valence-electron chi connectivity index (χ0n) is 12.0. The average molecular weight is 393 g/mol. The zero-order valence-corrected chi connectivity index (χ0v) is 15.2. The molecule has 1 fully saturated rings. The summed E-state index contributed by atoms with van der Waals surface area (Å²) in [4.78, 5) is 12.5. The molecule has 0 spiro atoms. The molecule has 3 nitrogen and oxygen atoms in total. The highest BCUT2D eigenvalue weighted by Crippen LogP contribution is 2.30. The molecule has 0 aliphatic carbocycles. The molecule has 0 bridgehead atoms. The third-order valence-electron chi connectivity index (χ3n) is 3.49. The fourth-order valence-corrected chi connectivity index (χ4v) is 4.00. The molecular formula is C16H13BrN2OS2. The van der Waals surface area contributed by atoms with Gasteiger partial charge in [0.1, 0.15) is 4.32 Å². The predicted molar refractivity (Wildman–Crippen MR) is 99.3 cm³/mol. The standard InChI is InChI=1S/C16H13BrN2OS2/c1-9-7-11(8-14-15(20)18-16(21)22-14)10(2)19(9)13-6-4-3-5-12(13)17/h3-8H,1-2H3,(H,18,20,21)/b14-8-. The van der Waals surface area contributed by atoms with E-state index in [0.29, 0.717) is 9.23 Å². The number of aryl methyl sites for hydroxylation is 1. The molecule has 1 aliphatic heterocycles. The van der Waals surface area contributed by atoms with Gasteiger partial charge in [0.25, 0.3) is 5.91 Å². The molecular weight excluding hydrogens is 380 g/mol. The number of hydrogen-bond donors (Lipinski definition) is 1. The van der Waals surface area contributed by atoms with Gasteiger partial charge in [0.2, 0.25) is 0 Å². The van der Waals surface area contributed by atoms with Gasteiger partial charge in [-0.3, -0.25) is 4.79 Å². The molecule has 22 heavy (non-hydrogen) atoms. The van der Waals surface area contributed by atoms with Crippen LogP contribution >= 0.6 is 39.9 Å². The van der Waals surface area contributed by atoms with Gasteiger partial charge >= 0.3 is 0 Å². The number of thiocarbonyl (C=S) groups is 1. The quantitative estimate of drug-likeness (QED) is 0.609. The molecule has 2 aromatic rings. The van der Waals surface area contributed by atoms with E-state index in [2.05, 4.69) is 51.8 Å². The molecule has 0 atom stereocenters. The van der Waals surface area contributed by atoms with Crippen molar-refractivity contribution in [3.8, 4) is 5.69 Å². The number of carbonyl (C=O) groups excluding carboxylic acids is 1. The van der Waals surface area contributed by atoms with Gasteiger partial charge in [-0.2, -0.15) is 0 Å². The molecule has 1 N–H and O–H groups in total. The first-order valence-corrected chi connectivity index (χ1v) is 8.68. The molecule has 0 unspecified atom stereocenters. The molecule has 0 saturated carbocycles. The van der Waals surface area contributed by atoms with Gasteiger partial charge in [-0.15, -0.1) is 0 Å². The highest BCUT2D eigenvalue weighted by atomic mass is 79.9. The molecule has 6 heteroatoms. The number of para-hydroxylation sites is 1. The second kappa shape index (κ2) is 6.02. The van der Waals surface area contributed by atoms with Crippen molar-refractivity contribution >= 4 is 56.2 Å². The van der Waals surface area contributed by atoms with Crippen LogP contribution in [0.25, 0.3) is 11.8 Å². The van der Waals surface area contributed by atoms with Gasteiger partial charge in [-0.05, 0) is 59.6 Å². The lowest BCUT2D eigenvalue weighted by molar-refractivity contribution is -0.115. The summed E-state index contributed by atoms with van der Waals surface area (Å²) in [6, 6.07) is 10.2. The first kappa shape index (κ1) is 15.5. The van der Waals surface area contributed by atoms with Gasteiger partial charge in [0.05, 0.1) is 10.6 Å². The summed E-state index contributed by atoms with van der Waals surface area (Å²) in [6.45, 7) is 4.11. The number of nitrogens with one attached hydrogen (secondary N) is 1. The van der Waals surface area contributed by atoms with Gasteiger partial charge < -0.3 is 9.88 Å². The maximum Gasteiger partial charge on any atom is 0.263 e. The number of rotatable bonds is 2. The van der Waals surface area contributed by atoms with Crippen molar-refractivity contribution < 1.29 is 4.79 Å². The minimum atomic E-state index is -0.124. The maximum atomic E-state index is 11.8.